The van der Waals surface area contributed by atoms with E-state index >= 15 is 0 Å². The van der Waals surface area contributed by atoms with Gasteiger partial charge in [0.05, 0.1) is 11.6 Å². The van der Waals surface area contributed by atoms with Crippen molar-refractivity contribution < 1.29 is 9.90 Å². The predicted octanol–water partition coefficient (Wildman–Crippen LogP) is 2.45. The van der Waals surface area contributed by atoms with Gasteiger partial charge in [0.2, 0.25) is 5.95 Å². The van der Waals surface area contributed by atoms with E-state index in [0.717, 1.165) is 24.0 Å². The zero-order chi connectivity index (χ0) is 18.3. The summed E-state index contributed by atoms with van der Waals surface area (Å²) in [4.78, 5) is 28.1. The molecule has 0 aromatic carbocycles. The summed E-state index contributed by atoms with van der Waals surface area (Å²) in [6, 6.07) is 2.04. The number of carboxylic acid groups (broad SMARTS) is 1. The highest BCUT2D eigenvalue weighted by molar-refractivity contribution is 5.87. The lowest BCUT2D eigenvalue weighted by Gasteiger charge is -2.23. The van der Waals surface area contributed by atoms with Crippen molar-refractivity contribution in [2.24, 2.45) is 0 Å². The molecule has 0 bridgehead atoms. The lowest BCUT2D eigenvalue weighted by Crippen LogP contribution is -2.38. The van der Waals surface area contributed by atoms with Crippen LogP contribution in [0.1, 0.15) is 43.6 Å². The average Bonchev–Trinajstić information content (AvgIpc) is 3.31. The average molecular weight is 356 g/mol. The number of anilines is 2. The van der Waals surface area contributed by atoms with Gasteiger partial charge in [0.1, 0.15) is 5.52 Å². The molecule has 8 nitrogen and oxygen atoms in total. The Kier molecular flexibility index (Phi) is 4.26. The number of nitrogen functional groups attached to an aromatic ring is 1. The van der Waals surface area contributed by atoms with Gasteiger partial charge in [-0.3, -0.25) is 4.98 Å². The fourth-order valence-electron chi connectivity index (χ4n) is 4.15. The molecular weight excluding hydrogens is 332 g/mol. The minimum Gasteiger partial charge on any atom is -0.465 e. The summed E-state index contributed by atoms with van der Waals surface area (Å²) >= 11 is 0. The van der Waals surface area contributed by atoms with Crippen molar-refractivity contribution in [3.63, 3.8) is 0 Å². The van der Waals surface area contributed by atoms with Crippen LogP contribution in [0.15, 0.2) is 12.3 Å². The van der Waals surface area contributed by atoms with Crippen LogP contribution in [0.2, 0.25) is 0 Å². The standard InChI is InChI=1S/C18H24N6O2/c1-23(18(25)26)13-6-7-24(10-13)16-15-14(21-17(19)22-16)8-12(9-20-15)11-4-2-3-5-11/h8-9,11,13H,2-7,10H2,1H3,(H,25,26)(H2,19,21,22). The highest BCUT2D eigenvalue weighted by Crippen LogP contribution is 2.35. The molecule has 2 aliphatic rings. The molecule has 1 atom stereocenters. The minimum absolute atomic E-state index is 0.0588. The number of aromatic nitrogens is 3. The first-order valence-electron chi connectivity index (χ1n) is 9.17. The van der Waals surface area contributed by atoms with Gasteiger partial charge in [0.15, 0.2) is 5.82 Å². The first-order chi connectivity index (χ1) is 12.5. The predicted molar refractivity (Wildman–Crippen MR) is 99.4 cm³/mol. The smallest absolute Gasteiger partial charge is 0.407 e. The van der Waals surface area contributed by atoms with E-state index in [-0.39, 0.29) is 12.0 Å². The number of nitrogens with zero attached hydrogens (tertiary/aromatic N) is 5. The molecule has 3 heterocycles. The zero-order valence-electron chi connectivity index (χ0n) is 14.9. The van der Waals surface area contributed by atoms with E-state index in [2.05, 4.69) is 25.9 Å². The summed E-state index contributed by atoms with van der Waals surface area (Å²) in [7, 11) is 1.61. The molecule has 4 rings (SSSR count). The number of nitrogens with two attached hydrogens (primary N) is 1. The van der Waals surface area contributed by atoms with Crippen molar-refractivity contribution in [3.8, 4) is 0 Å². The maximum absolute atomic E-state index is 11.2. The van der Waals surface area contributed by atoms with Crippen LogP contribution < -0.4 is 10.6 Å². The van der Waals surface area contributed by atoms with E-state index in [0.29, 0.717) is 18.3 Å². The van der Waals surface area contributed by atoms with Crippen LogP contribution in [0.25, 0.3) is 11.0 Å². The summed E-state index contributed by atoms with van der Waals surface area (Å²) in [5, 5.41) is 9.20. The number of hydrogen-bond donors (Lipinski definition) is 2. The zero-order valence-corrected chi connectivity index (χ0v) is 14.9. The molecular formula is C18H24N6O2. The largest absolute Gasteiger partial charge is 0.465 e. The van der Waals surface area contributed by atoms with Gasteiger partial charge in [-0.15, -0.1) is 0 Å². The van der Waals surface area contributed by atoms with Crippen molar-refractivity contribution in [3.05, 3.63) is 17.8 Å². The van der Waals surface area contributed by atoms with E-state index in [1.165, 1.54) is 36.1 Å². The maximum atomic E-state index is 11.2. The van der Waals surface area contributed by atoms with Gasteiger partial charge in [-0.1, -0.05) is 12.8 Å². The van der Waals surface area contributed by atoms with E-state index < -0.39 is 6.09 Å². The molecule has 1 aliphatic carbocycles. The molecule has 138 valence electrons. The van der Waals surface area contributed by atoms with Crippen LogP contribution in [-0.4, -0.2) is 57.2 Å². The number of hydrogen-bond acceptors (Lipinski definition) is 6. The number of amides is 1. The summed E-state index contributed by atoms with van der Waals surface area (Å²) in [6.45, 7) is 1.31. The van der Waals surface area contributed by atoms with Crippen LogP contribution >= 0.6 is 0 Å². The Hall–Kier alpha value is -2.64. The number of carbonyl (C=O) groups is 1. The van der Waals surface area contributed by atoms with Crippen LogP contribution in [0.5, 0.6) is 0 Å². The molecule has 2 aromatic rings. The Morgan fingerprint density at radius 3 is 2.81 bits per heavy atom. The highest BCUT2D eigenvalue weighted by atomic mass is 16.4. The quantitative estimate of drug-likeness (QED) is 0.869. The molecule has 0 radical (unpaired) electrons. The summed E-state index contributed by atoms with van der Waals surface area (Å²) in [6.07, 6.45) is 6.74. The molecule has 1 amide bonds. The highest BCUT2D eigenvalue weighted by Gasteiger charge is 2.30. The Morgan fingerprint density at radius 2 is 2.08 bits per heavy atom. The first kappa shape index (κ1) is 16.8. The summed E-state index contributed by atoms with van der Waals surface area (Å²) < 4.78 is 0. The third-order valence-corrected chi connectivity index (χ3v) is 5.69. The van der Waals surface area contributed by atoms with E-state index in [1.807, 2.05) is 6.20 Å². The van der Waals surface area contributed by atoms with Crippen molar-refractivity contribution in [2.75, 3.05) is 30.8 Å². The van der Waals surface area contributed by atoms with Crippen LogP contribution in [-0.2, 0) is 0 Å². The fourth-order valence-corrected chi connectivity index (χ4v) is 4.15. The Balaban J connectivity index is 1.66. The van der Waals surface area contributed by atoms with Crippen molar-refractivity contribution in [1.82, 2.24) is 19.9 Å². The number of pyridine rings is 1. The molecule has 1 saturated heterocycles. The van der Waals surface area contributed by atoms with Gasteiger partial charge < -0.3 is 20.6 Å². The number of likely N-dealkylation sites (N-methyl/N-ethyl adjacent to an activating group) is 1. The van der Waals surface area contributed by atoms with E-state index in [9.17, 15) is 9.90 Å². The molecule has 1 unspecified atom stereocenters. The summed E-state index contributed by atoms with van der Waals surface area (Å²) in [5.41, 5.74) is 8.69. The molecule has 2 fully saturated rings. The van der Waals surface area contributed by atoms with E-state index in [1.54, 1.807) is 7.05 Å². The topological polar surface area (TPSA) is 108 Å². The number of rotatable bonds is 3. The molecule has 8 heteroatoms. The Labute approximate surface area is 152 Å². The minimum atomic E-state index is -0.914. The van der Waals surface area contributed by atoms with Gasteiger partial charge >= 0.3 is 6.09 Å². The lowest BCUT2D eigenvalue weighted by atomic mass is 9.99. The van der Waals surface area contributed by atoms with Crippen molar-refractivity contribution in [2.45, 2.75) is 44.1 Å². The molecule has 3 N–H and O–H groups in total. The maximum Gasteiger partial charge on any atom is 0.407 e. The second-order valence-corrected chi connectivity index (χ2v) is 7.31. The van der Waals surface area contributed by atoms with Crippen LogP contribution in [0.4, 0.5) is 16.6 Å². The van der Waals surface area contributed by atoms with Gasteiger partial charge in [-0.25, -0.2) is 9.78 Å². The van der Waals surface area contributed by atoms with Gasteiger partial charge in [0, 0.05) is 26.3 Å². The second kappa shape index (κ2) is 6.59. The van der Waals surface area contributed by atoms with Gasteiger partial charge in [-0.2, -0.15) is 4.98 Å². The van der Waals surface area contributed by atoms with Crippen molar-refractivity contribution >= 4 is 28.9 Å². The van der Waals surface area contributed by atoms with E-state index in [4.69, 9.17) is 5.73 Å². The van der Waals surface area contributed by atoms with Crippen LogP contribution in [0.3, 0.4) is 0 Å². The Morgan fingerprint density at radius 1 is 1.31 bits per heavy atom. The molecule has 1 saturated carbocycles. The monoisotopic (exact) mass is 356 g/mol. The number of fused-ring (bicyclic) bond motifs is 1. The summed E-state index contributed by atoms with van der Waals surface area (Å²) in [5.74, 6) is 1.49. The molecule has 1 aliphatic heterocycles. The second-order valence-electron chi connectivity index (χ2n) is 7.31. The first-order valence-corrected chi connectivity index (χ1v) is 9.17. The normalized spacial score (nSPS) is 20.8. The molecule has 0 spiro atoms. The SMILES string of the molecule is CN(C(=O)O)C1CCN(c2nc(N)nc3cc(C4CCCC4)cnc23)C1. The third kappa shape index (κ3) is 3.00. The lowest BCUT2D eigenvalue weighted by molar-refractivity contribution is 0.142. The van der Waals surface area contributed by atoms with Crippen molar-refractivity contribution in [1.29, 1.82) is 0 Å². The van der Waals surface area contributed by atoms with Crippen LogP contribution in [0, 0.1) is 0 Å². The fraction of sp³-hybridized carbons (Fsp3) is 0.556. The Bertz CT molecular complexity index is 836. The molecule has 2 aromatic heterocycles. The third-order valence-electron chi connectivity index (χ3n) is 5.69. The molecule has 26 heavy (non-hydrogen) atoms. The van der Waals surface area contributed by atoms with Gasteiger partial charge in [-0.05, 0) is 36.8 Å². The van der Waals surface area contributed by atoms with Gasteiger partial charge in [0.25, 0.3) is 0 Å².